The Morgan fingerprint density at radius 2 is 2.04 bits per heavy atom. The van der Waals surface area contributed by atoms with E-state index in [2.05, 4.69) is 16.3 Å². The summed E-state index contributed by atoms with van der Waals surface area (Å²) in [5.41, 5.74) is 2.11. The highest BCUT2D eigenvalue weighted by molar-refractivity contribution is 7.99. The molecular formula is C19H21N3O2S. The molecule has 0 saturated heterocycles. The van der Waals surface area contributed by atoms with Crippen molar-refractivity contribution in [3.8, 4) is 11.5 Å². The fourth-order valence-electron chi connectivity index (χ4n) is 3.13. The van der Waals surface area contributed by atoms with Crippen LogP contribution in [0.5, 0.6) is 0 Å². The van der Waals surface area contributed by atoms with Crippen molar-refractivity contribution in [2.75, 3.05) is 5.75 Å². The normalized spacial score (nSPS) is 17.2. The van der Waals surface area contributed by atoms with E-state index >= 15 is 0 Å². The molecule has 1 fully saturated rings. The zero-order chi connectivity index (χ0) is 17.1. The zero-order valence-corrected chi connectivity index (χ0v) is 14.9. The average molecular weight is 355 g/mol. The van der Waals surface area contributed by atoms with Crippen LogP contribution in [0.15, 0.2) is 51.7 Å². The van der Waals surface area contributed by atoms with Crippen molar-refractivity contribution in [1.29, 1.82) is 0 Å². The van der Waals surface area contributed by atoms with Crippen molar-refractivity contribution >= 4 is 17.7 Å². The van der Waals surface area contributed by atoms with Crippen LogP contribution in [0, 0.1) is 0 Å². The van der Waals surface area contributed by atoms with E-state index in [4.69, 9.17) is 4.42 Å². The van der Waals surface area contributed by atoms with Gasteiger partial charge < -0.3 is 9.32 Å². The number of aromatic nitrogens is 2. The molecule has 0 unspecified atom stereocenters. The van der Waals surface area contributed by atoms with Gasteiger partial charge in [-0.1, -0.05) is 36.0 Å². The summed E-state index contributed by atoms with van der Waals surface area (Å²) in [6.07, 6.45) is 8.99. The van der Waals surface area contributed by atoms with Crippen LogP contribution in [0.1, 0.15) is 38.5 Å². The number of allylic oxidation sites excluding steroid dienone is 2. The van der Waals surface area contributed by atoms with Crippen LogP contribution in [-0.2, 0) is 4.79 Å². The highest BCUT2D eigenvalue weighted by Gasteiger charge is 2.35. The van der Waals surface area contributed by atoms with E-state index in [0.717, 1.165) is 31.2 Å². The standard InChI is InChI=1S/C19H21N3O2S/c23-17(22(16-11-12-16)15-9-5-2-6-10-15)13-25-19-21-20-18(24-19)14-7-3-1-4-8-14/h1,3-4,7-9,16H,2,5-6,10-13H2. The molecule has 1 amide bonds. The number of carbonyl (C=O) groups excluding carboxylic acids is 1. The maximum atomic E-state index is 12.7. The van der Waals surface area contributed by atoms with Crippen LogP contribution in [-0.4, -0.2) is 32.8 Å². The van der Waals surface area contributed by atoms with E-state index < -0.39 is 0 Å². The molecule has 4 rings (SSSR count). The molecule has 2 aliphatic rings. The van der Waals surface area contributed by atoms with Crippen molar-refractivity contribution in [2.24, 2.45) is 0 Å². The number of amides is 1. The molecule has 0 atom stereocenters. The molecular weight excluding hydrogens is 334 g/mol. The number of rotatable bonds is 6. The fourth-order valence-corrected chi connectivity index (χ4v) is 3.75. The van der Waals surface area contributed by atoms with Gasteiger partial charge in [0.05, 0.1) is 5.75 Å². The molecule has 0 spiro atoms. The molecule has 0 radical (unpaired) electrons. The third-order valence-corrected chi connectivity index (χ3v) is 5.31. The lowest BCUT2D eigenvalue weighted by molar-refractivity contribution is -0.127. The molecule has 1 aromatic heterocycles. The van der Waals surface area contributed by atoms with Gasteiger partial charge in [0.1, 0.15) is 0 Å². The number of hydrogen-bond donors (Lipinski definition) is 0. The second-order valence-corrected chi connectivity index (χ2v) is 7.39. The van der Waals surface area contributed by atoms with Gasteiger partial charge in [0.25, 0.3) is 5.22 Å². The first-order chi connectivity index (χ1) is 12.3. The van der Waals surface area contributed by atoms with Gasteiger partial charge in [0.2, 0.25) is 11.8 Å². The molecule has 25 heavy (non-hydrogen) atoms. The van der Waals surface area contributed by atoms with Crippen LogP contribution in [0.25, 0.3) is 11.5 Å². The molecule has 6 heteroatoms. The number of benzene rings is 1. The second kappa shape index (κ2) is 7.44. The Bertz CT molecular complexity index is 768. The molecule has 130 valence electrons. The third kappa shape index (κ3) is 3.95. The van der Waals surface area contributed by atoms with E-state index in [0.29, 0.717) is 22.9 Å². The van der Waals surface area contributed by atoms with Crippen molar-refractivity contribution < 1.29 is 9.21 Å². The van der Waals surface area contributed by atoms with E-state index in [1.165, 1.54) is 30.3 Å². The smallest absolute Gasteiger partial charge is 0.277 e. The van der Waals surface area contributed by atoms with E-state index in [1.54, 1.807) is 0 Å². The number of hydrogen-bond acceptors (Lipinski definition) is 5. The molecule has 0 bridgehead atoms. The van der Waals surface area contributed by atoms with Crippen LogP contribution in [0.2, 0.25) is 0 Å². The lowest BCUT2D eigenvalue weighted by atomic mass is 10.0. The molecule has 2 aromatic rings. The molecule has 5 nitrogen and oxygen atoms in total. The average Bonchev–Trinajstić information content (AvgIpc) is 3.37. The van der Waals surface area contributed by atoms with Crippen LogP contribution < -0.4 is 0 Å². The minimum atomic E-state index is 0.153. The lowest BCUT2D eigenvalue weighted by Gasteiger charge is -2.27. The Morgan fingerprint density at radius 3 is 2.76 bits per heavy atom. The van der Waals surface area contributed by atoms with E-state index in [9.17, 15) is 4.79 Å². The first-order valence-corrected chi connectivity index (χ1v) is 9.82. The number of carbonyl (C=O) groups is 1. The summed E-state index contributed by atoms with van der Waals surface area (Å²) in [6, 6.07) is 10.1. The molecule has 0 N–H and O–H groups in total. The first kappa shape index (κ1) is 16.4. The summed E-state index contributed by atoms with van der Waals surface area (Å²) in [5.74, 6) is 0.981. The Morgan fingerprint density at radius 1 is 1.20 bits per heavy atom. The topological polar surface area (TPSA) is 59.2 Å². The minimum Gasteiger partial charge on any atom is -0.411 e. The summed E-state index contributed by atoms with van der Waals surface area (Å²) in [6.45, 7) is 0. The van der Waals surface area contributed by atoms with Crippen molar-refractivity contribution in [3.05, 3.63) is 42.1 Å². The number of thioether (sulfide) groups is 1. The molecule has 1 aromatic carbocycles. The highest BCUT2D eigenvalue weighted by Crippen LogP contribution is 2.34. The predicted molar refractivity (Wildman–Crippen MR) is 96.9 cm³/mol. The predicted octanol–water partition coefficient (Wildman–Crippen LogP) is 4.28. The van der Waals surface area contributed by atoms with Crippen molar-refractivity contribution in [2.45, 2.75) is 49.8 Å². The SMILES string of the molecule is O=C(CSc1nnc(-c2ccccc2)o1)N(C1=CCCCC1)C1CC1. The summed E-state index contributed by atoms with van der Waals surface area (Å²) >= 11 is 1.32. The Labute approximate surface area is 151 Å². The monoisotopic (exact) mass is 355 g/mol. The highest BCUT2D eigenvalue weighted by atomic mass is 32.2. The fraction of sp³-hybridized carbons (Fsp3) is 0.421. The summed E-state index contributed by atoms with van der Waals surface area (Å²) in [7, 11) is 0. The largest absolute Gasteiger partial charge is 0.411 e. The van der Waals surface area contributed by atoms with Gasteiger partial charge in [0, 0.05) is 17.3 Å². The van der Waals surface area contributed by atoms with Crippen molar-refractivity contribution in [1.82, 2.24) is 15.1 Å². The molecule has 1 saturated carbocycles. The van der Waals surface area contributed by atoms with E-state index in [1.807, 2.05) is 35.2 Å². The molecule has 1 heterocycles. The maximum Gasteiger partial charge on any atom is 0.277 e. The van der Waals surface area contributed by atoms with Gasteiger partial charge in [-0.25, -0.2) is 0 Å². The summed E-state index contributed by atoms with van der Waals surface area (Å²) in [5, 5.41) is 8.58. The third-order valence-electron chi connectivity index (χ3n) is 4.50. The van der Waals surface area contributed by atoms with Crippen molar-refractivity contribution in [3.63, 3.8) is 0 Å². The van der Waals surface area contributed by atoms with Gasteiger partial charge in [-0.05, 0) is 50.7 Å². The Kier molecular flexibility index (Phi) is 4.88. The maximum absolute atomic E-state index is 12.7. The van der Waals surface area contributed by atoms with E-state index in [-0.39, 0.29) is 5.91 Å². The summed E-state index contributed by atoms with van der Waals surface area (Å²) in [4.78, 5) is 14.8. The summed E-state index contributed by atoms with van der Waals surface area (Å²) < 4.78 is 5.68. The van der Waals surface area contributed by atoms with Gasteiger partial charge >= 0.3 is 0 Å². The first-order valence-electron chi connectivity index (χ1n) is 8.84. The van der Waals surface area contributed by atoms with Gasteiger partial charge in [-0.15, -0.1) is 10.2 Å². The Balaban J connectivity index is 1.39. The second-order valence-electron chi connectivity index (χ2n) is 6.46. The molecule has 2 aliphatic carbocycles. The zero-order valence-electron chi connectivity index (χ0n) is 14.1. The Hall–Kier alpha value is -2.08. The van der Waals surface area contributed by atoms with Gasteiger partial charge in [-0.3, -0.25) is 4.79 Å². The van der Waals surface area contributed by atoms with Crippen LogP contribution in [0.3, 0.4) is 0 Å². The quantitative estimate of drug-likeness (QED) is 0.724. The van der Waals surface area contributed by atoms with Gasteiger partial charge in [-0.2, -0.15) is 0 Å². The molecule has 0 aliphatic heterocycles. The minimum absolute atomic E-state index is 0.153. The van der Waals surface area contributed by atoms with Gasteiger partial charge in [0.15, 0.2) is 0 Å². The number of nitrogens with zero attached hydrogens (tertiary/aromatic N) is 3. The lowest BCUT2D eigenvalue weighted by Crippen LogP contribution is -2.34. The van der Waals surface area contributed by atoms with Crippen LogP contribution >= 0.6 is 11.8 Å². The van der Waals surface area contributed by atoms with Crippen LogP contribution in [0.4, 0.5) is 0 Å².